The number of amides is 2. The molecule has 0 spiro atoms. The number of rotatable bonds is 28. The van der Waals surface area contributed by atoms with Crippen molar-refractivity contribution in [3.8, 4) is 5.75 Å². The van der Waals surface area contributed by atoms with Crippen LogP contribution in [0.3, 0.4) is 0 Å². The molecule has 0 aliphatic carbocycles. The summed E-state index contributed by atoms with van der Waals surface area (Å²) in [6.07, 6.45) is -2.99. The number of hydrogen-bond donors (Lipinski definition) is 8. The molecule has 3 rings (SSSR count). The van der Waals surface area contributed by atoms with Gasteiger partial charge in [-0.2, -0.15) is 5.10 Å². The first-order valence-electron chi connectivity index (χ1n) is 18.5. The van der Waals surface area contributed by atoms with E-state index in [1.807, 2.05) is 0 Å². The molecular weight excluding hydrogens is 918 g/mol. The standard InChI is InChI=1S/C35H53Br2N7O13S/c36-21-26-28(37)33(49)43(32(26)48)12-14-53-16-18-55-20-19-54-17-15-52-13-10-39-22-24(42-38)3-1-2-9-40-35(58)41-23-4-6-25(7-5-23)56-34-31(47)30(46)29(45)27(57-34)8-11-44(50)51/h4-7,22,27,29-31,34,45-47,50-51H,1-3,8-21,38H2,(H2,40,41,58)/b39-22?,42-24-/t27?,29-,30?,31?,34+/m1/s1. The maximum atomic E-state index is 12.2. The summed E-state index contributed by atoms with van der Waals surface area (Å²) in [7, 11) is 0. The minimum Gasteiger partial charge on any atom is -0.462 e. The van der Waals surface area contributed by atoms with Crippen LogP contribution in [0.25, 0.3) is 0 Å². The second-order valence-electron chi connectivity index (χ2n) is 12.7. The number of thiocarbonyl (C=S) groups is 1. The Kier molecular flexibility index (Phi) is 23.9. The number of nitrogens with zero attached hydrogens (tertiary/aromatic N) is 4. The van der Waals surface area contributed by atoms with Crippen molar-refractivity contribution in [2.45, 2.75) is 56.4 Å². The number of nitrogens with two attached hydrogens (primary N) is 1. The monoisotopic (exact) mass is 969 g/mol. The van der Waals surface area contributed by atoms with Gasteiger partial charge in [-0.05, 0) is 78.1 Å². The topological polar surface area (TPSA) is 272 Å². The molecule has 1 fully saturated rings. The van der Waals surface area contributed by atoms with Gasteiger partial charge in [-0.25, -0.2) is 0 Å². The number of aliphatic hydroxyl groups excluding tert-OH is 3. The predicted octanol–water partition coefficient (Wildman–Crippen LogP) is 0.665. The number of hydrazone groups is 1. The summed E-state index contributed by atoms with van der Waals surface area (Å²) in [4.78, 5) is 29.8. The van der Waals surface area contributed by atoms with Crippen LogP contribution >= 0.6 is 44.1 Å². The van der Waals surface area contributed by atoms with Gasteiger partial charge < -0.3 is 60.2 Å². The number of benzene rings is 1. The maximum absolute atomic E-state index is 12.2. The van der Waals surface area contributed by atoms with Crippen molar-refractivity contribution < 1.29 is 63.7 Å². The van der Waals surface area contributed by atoms with Gasteiger partial charge in [0.1, 0.15) is 24.1 Å². The van der Waals surface area contributed by atoms with Crippen molar-refractivity contribution in [1.82, 2.24) is 15.4 Å². The van der Waals surface area contributed by atoms with E-state index < -0.39 is 30.7 Å². The van der Waals surface area contributed by atoms with E-state index >= 15 is 0 Å². The molecule has 5 atom stereocenters. The number of halogens is 2. The lowest BCUT2D eigenvalue weighted by atomic mass is 9.97. The summed E-state index contributed by atoms with van der Waals surface area (Å²) in [5, 5.41) is 59.2. The first kappa shape index (κ1) is 49.6. The van der Waals surface area contributed by atoms with Gasteiger partial charge in [-0.1, -0.05) is 21.2 Å². The summed E-state index contributed by atoms with van der Waals surface area (Å²) in [5.74, 6) is 5.17. The molecule has 326 valence electrons. The van der Waals surface area contributed by atoms with Crippen LogP contribution in [0, 0.1) is 0 Å². The highest BCUT2D eigenvalue weighted by Gasteiger charge is 2.45. The van der Waals surface area contributed by atoms with E-state index in [4.69, 9.17) is 56.9 Å². The SMILES string of the molecule is N/N=C(\C=NCCOCCOCCOCCOCCN1C(=O)C(Br)=C(CBr)C1=O)CCCCNC(=S)Nc1ccc(O[C@H]2OC(CCN(O)O)[C@@H](O)C(O)C2O)cc1. The fraction of sp³-hybridized carbons (Fsp3) is 0.629. The number of carbonyl (C=O) groups excluding carboxylic acids is 2. The minimum atomic E-state index is -1.55. The van der Waals surface area contributed by atoms with Gasteiger partial charge in [0, 0.05) is 29.3 Å². The lowest BCUT2D eigenvalue weighted by Crippen LogP contribution is -2.59. The molecule has 0 aromatic heterocycles. The first-order valence-corrected chi connectivity index (χ1v) is 20.8. The van der Waals surface area contributed by atoms with Crippen molar-refractivity contribution >= 4 is 78.6 Å². The van der Waals surface area contributed by atoms with Gasteiger partial charge in [0.2, 0.25) is 6.29 Å². The number of hydrogen-bond acceptors (Lipinski definition) is 18. The van der Waals surface area contributed by atoms with Crippen LogP contribution in [0.4, 0.5) is 5.69 Å². The predicted molar refractivity (Wildman–Crippen MR) is 221 cm³/mol. The van der Waals surface area contributed by atoms with E-state index in [0.29, 0.717) is 98.9 Å². The maximum Gasteiger partial charge on any atom is 0.268 e. The number of aliphatic hydroxyl groups is 3. The van der Waals surface area contributed by atoms with E-state index in [1.165, 1.54) is 0 Å². The molecule has 1 aromatic rings. The molecule has 20 nitrogen and oxygen atoms in total. The van der Waals surface area contributed by atoms with Crippen molar-refractivity contribution in [1.29, 1.82) is 0 Å². The van der Waals surface area contributed by atoms with Gasteiger partial charge in [-0.15, -0.1) is 0 Å². The fourth-order valence-electron chi connectivity index (χ4n) is 5.34. The average molecular weight is 972 g/mol. The smallest absolute Gasteiger partial charge is 0.268 e. The molecule has 2 aliphatic heterocycles. The number of nitrogens with one attached hydrogen (secondary N) is 2. The van der Waals surface area contributed by atoms with Crippen molar-refractivity contribution in [2.24, 2.45) is 15.9 Å². The molecule has 0 radical (unpaired) electrons. The van der Waals surface area contributed by atoms with Crippen LogP contribution in [0.2, 0.25) is 0 Å². The third kappa shape index (κ3) is 17.5. The summed E-state index contributed by atoms with van der Waals surface area (Å²) >= 11 is 11.8. The Morgan fingerprint density at radius 3 is 2.17 bits per heavy atom. The van der Waals surface area contributed by atoms with Gasteiger partial charge in [0.05, 0.1) is 88.8 Å². The number of alkyl halides is 1. The second kappa shape index (κ2) is 27.9. The normalized spacial score (nSPS) is 21.5. The number of aliphatic imine (C=N–C) groups is 1. The minimum absolute atomic E-state index is 0.0360. The number of hydroxylamine groups is 2. The van der Waals surface area contributed by atoms with Crippen LogP contribution in [-0.2, 0) is 33.3 Å². The molecule has 1 saturated heterocycles. The highest BCUT2D eigenvalue weighted by molar-refractivity contribution is 9.12. The zero-order valence-corrected chi connectivity index (χ0v) is 35.8. The van der Waals surface area contributed by atoms with E-state index in [2.05, 4.69) is 52.6 Å². The van der Waals surface area contributed by atoms with E-state index in [-0.39, 0.29) is 47.6 Å². The third-order valence-corrected chi connectivity index (χ3v) is 10.1. The number of unbranched alkanes of at least 4 members (excludes halogenated alkanes) is 1. The molecule has 2 amide bonds. The van der Waals surface area contributed by atoms with Crippen molar-refractivity contribution in [3.05, 3.63) is 34.3 Å². The Hall–Kier alpha value is -2.75. The Labute approximate surface area is 358 Å². The lowest BCUT2D eigenvalue weighted by Gasteiger charge is -2.40. The molecule has 2 heterocycles. The molecular formula is C35H53Br2N7O13S. The number of anilines is 1. The third-order valence-electron chi connectivity index (χ3n) is 8.47. The summed E-state index contributed by atoms with van der Waals surface area (Å²) in [5.41, 5.74) is 1.74. The zero-order valence-electron chi connectivity index (χ0n) is 31.8. The Morgan fingerprint density at radius 2 is 1.57 bits per heavy atom. The van der Waals surface area contributed by atoms with E-state index in [0.717, 1.165) is 17.7 Å². The molecule has 23 heteroatoms. The van der Waals surface area contributed by atoms with Crippen LogP contribution < -0.4 is 21.2 Å². The van der Waals surface area contributed by atoms with Crippen LogP contribution in [-0.4, -0.2) is 180 Å². The molecule has 58 heavy (non-hydrogen) atoms. The molecule has 1 aromatic carbocycles. The van der Waals surface area contributed by atoms with Crippen molar-refractivity contribution in [2.75, 3.05) is 89.7 Å². The average Bonchev–Trinajstić information content (AvgIpc) is 3.41. The Balaban J connectivity index is 1.14. The quantitative estimate of drug-likeness (QED) is 0.0109. The number of carbonyl (C=O) groups is 2. The molecule has 0 saturated carbocycles. The summed E-state index contributed by atoms with van der Waals surface area (Å²) in [6.45, 7) is 3.92. The van der Waals surface area contributed by atoms with E-state index in [9.17, 15) is 24.9 Å². The Bertz CT molecular complexity index is 1510. The molecule has 9 N–H and O–H groups in total. The van der Waals surface area contributed by atoms with Gasteiger partial charge in [0.25, 0.3) is 11.8 Å². The van der Waals surface area contributed by atoms with E-state index in [1.54, 1.807) is 30.5 Å². The largest absolute Gasteiger partial charge is 0.462 e. The van der Waals surface area contributed by atoms with Crippen LogP contribution in [0.15, 0.2) is 44.4 Å². The second-order valence-corrected chi connectivity index (χ2v) is 14.4. The molecule has 0 bridgehead atoms. The number of imide groups is 1. The number of ether oxygens (including phenoxy) is 6. The van der Waals surface area contributed by atoms with Gasteiger partial charge >= 0.3 is 0 Å². The molecule has 3 unspecified atom stereocenters. The van der Waals surface area contributed by atoms with Crippen LogP contribution in [0.1, 0.15) is 25.7 Å². The Morgan fingerprint density at radius 1 is 0.931 bits per heavy atom. The zero-order chi connectivity index (χ0) is 42.3. The van der Waals surface area contributed by atoms with Gasteiger partial charge in [-0.3, -0.25) is 29.9 Å². The van der Waals surface area contributed by atoms with Crippen LogP contribution in [0.5, 0.6) is 5.75 Å². The lowest BCUT2D eigenvalue weighted by molar-refractivity contribution is -0.317. The summed E-state index contributed by atoms with van der Waals surface area (Å²) < 4.78 is 33.5. The fourth-order valence-corrected chi connectivity index (χ4v) is 6.98. The van der Waals surface area contributed by atoms with Crippen molar-refractivity contribution in [3.63, 3.8) is 0 Å². The highest BCUT2D eigenvalue weighted by atomic mass is 79.9. The summed E-state index contributed by atoms with van der Waals surface area (Å²) in [6, 6.07) is 6.62. The highest BCUT2D eigenvalue weighted by Crippen LogP contribution is 2.28. The molecule has 2 aliphatic rings. The van der Waals surface area contributed by atoms with Gasteiger partial charge in [0.15, 0.2) is 5.11 Å². The first-order chi connectivity index (χ1) is 28.0.